The summed E-state index contributed by atoms with van der Waals surface area (Å²) in [6.07, 6.45) is 9.61. The SMILES string of the molecule is Cc1cccc(C(=O)N(C2CC2)C2CCN(C(=O)C3CC3)[C@@H](C(=O)NCC3CCC(CN)CC3)C2)c1. The summed E-state index contributed by atoms with van der Waals surface area (Å²) in [6.45, 7) is 3.96. The minimum absolute atomic E-state index is 0.0236. The lowest BCUT2D eigenvalue weighted by Gasteiger charge is -2.43. The number of likely N-dealkylation sites (tertiary alicyclic amines) is 1. The Hall–Kier alpha value is -2.41. The fourth-order valence-electron chi connectivity index (χ4n) is 6.22. The van der Waals surface area contributed by atoms with Crippen LogP contribution in [0.25, 0.3) is 0 Å². The summed E-state index contributed by atoms with van der Waals surface area (Å²) < 4.78 is 0. The highest BCUT2D eigenvalue weighted by Crippen LogP contribution is 2.37. The van der Waals surface area contributed by atoms with Gasteiger partial charge in [0.1, 0.15) is 6.04 Å². The first-order chi connectivity index (χ1) is 17.4. The Morgan fingerprint density at radius 2 is 1.69 bits per heavy atom. The van der Waals surface area contributed by atoms with Crippen LogP contribution in [-0.2, 0) is 9.59 Å². The molecule has 1 aromatic rings. The average Bonchev–Trinajstić information content (AvgIpc) is 3.81. The second kappa shape index (κ2) is 10.9. The van der Waals surface area contributed by atoms with Gasteiger partial charge in [0.05, 0.1) is 0 Å². The number of nitrogens with zero attached hydrogens (tertiary/aromatic N) is 2. The van der Waals surface area contributed by atoms with Crippen molar-refractivity contribution in [2.24, 2.45) is 23.5 Å². The van der Waals surface area contributed by atoms with Crippen molar-refractivity contribution in [1.29, 1.82) is 0 Å². The van der Waals surface area contributed by atoms with Crippen LogP contribution in [0.15, 0.2) is 24.3 Å². The van der Waals surface area contributed by atoms with Crippen LogP contribution in [-0.4, -0.2) is 65.3 Å². The van der Waals surface area contributed by atoms with E-state index in [1.165, 1.54) is 0 Å². The van der Waals surface area contributed by atoms with Gasteiger partial charge < -0.3 is 20.9 Å². The van der Waals surface area contributed by atoms with E-state index in [0.29, 0.717) is 36.9 Å². The van der Waals surface area contributed by atoms with Crippen LogP contribution in [0.2, 0.25) is 0 Å². The van der Waals surface area contributed by atoms with Crippen molar-refractivity contribution in [1.82, 2.24) is 15.1 Å². The molecule has 1 unspecified atom stereocenters. The minimum Gasteiger partial charge on any atom is -0.354 e. The van der Waals surface area contributed by atoms with Crippen LogP contribution in [0.3, 0.4) is 0 Å². The fraction of sp³-hybridized carbons (Fsp3) is 0.690. The number of nitrogens with one attached hydrogen (secondary N) is 1. The van der Waals surface area contributed by atoms with Crippen LogP contribution < -0.4 is 11.1 Å². The topological polar surface area (TPSA) is 95.7 Å². The first-order valence-electron chi connectivity index (χ1n) is 14.1. The maximum atomic E-state index is 13.6. The van der Waals surface area contributed by atoms with Crippen molar-refractivity contribution in [3.8, 4) is 0 Å². The lowest BCUT2D eigenvalue weighted by Crippen LogP contribution is -2.59. The van der Waals surface area contributed by atoms with Gasteiger partial charge in [-0.3, -0.25) is 14.4 Å². The highest BCUT2D eigenvalue weighted by molar-refractivity contribution is 5.95. The summed E-state index contributed by atoms with van der Waals surface area (Å²) in [5, 5.41) is 3.20. The monoisotopic (exact) mass is 494 g/mol. The predicted octanol–water partition coefficient (Wildman–Crippen LogP) is 3.25. The molecule has 3 aliphatic carbocycles. The predicted molar refractivity (Wildman–Crippen MR) is 139 cm³/mol. The number of benzene rings is 1. The van der Waals surface area contributed by atoms with E-state index < -0.39 is 6.04 Å². The molecule has 3 amide bonds. The Labute approximate surface area is 215 Å². The van der Waals surface area contributed by atoms with E-state index in [4.69, 9.17) is 5.73 Å². The molecule has 0 aromatic heterocycles. The molecule has 0 bridgehead atoms. The zero-order valence-electron chi connectivity index (χ0n) is 21.7. The number of hydrogen-bond donors (Lipinski definition) is 2. The lowest BCUT2D eigenvalue weighted by molar-refractivity contribution is -0.144. The van der Waals surface area contributed by atoms with E-state index in [2.05, 4.69) is 5.32 Å². The van der Waals surface area contributed by atoms with Gasteiger partial charge in [-0.15, -0.1) is 0 Å². The third-order valence-corrected chi connectivity index (χ3v) is 8.78. The van der Waals surface area contributed by atoms with E-state index in [0.717, 1.165) is 69.9 Å². The average molecular weight is 495 g/mol. The number of piperidine rings is 1. The second-order valence-electron chi connectivity index (χ2n) is 11.7. The molecular weight excluding hydrogens is 452 g/mol. The first kappa shape index (κ1) is 25.2. The molecule has 3 N–H and O–H groups in total. The number of carbonyl (C=O) groups is 3. The molecule has 7 nitrogen and oxygen atoms in total. The molecule has 1 saturated heterocycles. The maximum absolute atomic E-state index is 13.6. The third-order valence-electron chi connectivity index (χ3n) is 8.78. The number of hydrogen-bond acceptors (Lipinski definition) is 4. The van der Waals surface area contributed by atoms with Gasteiger partial charge in [0.25, 0.3) is 5.91 Å². The van der Waals surface area contributed by atoms with E-state index in [1.54, 1.807) is 0 Å². The molecule has 1 aliphatic heterocycles. The van der Waals surface area contributed by atoms with Gasteiger partial charge in [-0.2, -0.15) is 0 Å². The smallest absolute Gasteiger partial charge is 0.254 e. The molecule has 2 atom stereocenters. The Bertz CT molecular complexity index is 965. The molecule has 1 heterocycles. The molecule has 0 radical (unpaired) electrons. The molecule has 0 spiro atoms. The Morgan fingerprint density at radius 1 is 0.972 bits per heavy atom. The number of rotatable bonds is 8. The van der Waals surface area contributed by atoms with E-state index in [9.17, 15) is 14.4 Å². The molecule has 1 aromatic carbocycles. The third kappa shape index (κ3) is 5.77. The molecule has 4 aliphatic rings. The number of aryl methyl sites for hydroxylation is 1. The Balaban J connectivity index is 1.28. The zero-order chi connectivity index (χ0) is 25.2. The molecule has 7 heteroatoms. The second-order valence-corrected chi connectivity index (χ2v) is 11.7. The van der Waals surface area contributed by atoms with E-state index in [-0.39, 0.29) is 35.7 Å². The van der Waals surface area contributed by atoms with Gasteiger partial charge in [0.2, 0.25) is 11.8 Å². The summed E-state index contributed by atoms with van der Waals surface area (Å²) in [6, 6.07) is 7.50. The van der Waals surface area contributed by atoms with Gasteiger partial charge in [-0.1, -0.05) is 17.7 Å². The van der Waals surface area contributed by atoms with Crippen molar-refractivity contribution in [2.45, 2.75) is 89.3 Å². The number of carbonyl (C=O) groups excluding carboxylic acids is 3. The highest BCUT2D eigenvalue weighted by atomic mass is 16.2. The minimum atomic E-state index is -0.496. The molecule has 3 saturated carbocycles. The normalized spacial score (nSPS) is 28.4. The van der Waals surface area contributed by atoms with Gasteiger partial charge >= 0.3 is 0 Å². The summed E-state index contributed by atoms with van der Waals surface area (Å²) in [5.41, 5.74) is 7.62. The first-order valence-corrected chi connectivity index (χ1v) is 14.1. The Kier molecular flexibility index (Phi) is 7.65. The van der Waals surface area contributed by atoms with Crippen LogP contribution in [0, 0.1) is 24.7 Å². The van der Waals surface area contributed by atoms with Gasteiger partial charge in [-0.25, -0.2) is 0 Å². The summed E-state index contributed by atoms with van der Waals surface area (Å²) >= 11 is 0. The molecular formula is C29H42N4O3. The van der Waals surface area contributed by atoms with Crippen molar-refractivity contribution in [3.05, 3.63) is 35.4 Å². The van der Waals surface area contributed by atoms with Crippen molar-refractivity contribution >= 4 is 17.7 Å². The van der Waals surface area contributed by atoms with E-state index >= 15 is 0 Å². The van der Waals surface area contributed by atoms with Gasteiger partial charge in [0.15, 0.2) is 0 Å². The summed E-state index contributed by atoms with van der Waals surface area (Å²) in [7, 11) is 0. The van der Waals surface area contributed by atoms with Gasteiger partial charge in [0, 0.05) is 36.7 Å². The number of nitrogens with two attached hydrogens (primary N) is 1. The molecule has 196 valence electrons. The molecule has 36 heavy (non-hydrogen) atoms. The molecule has 5 rings (SSSR count). The van der Waals surface area contributed by atoms with Crippen LogP contribution >= 0.6 is 0 Å². The maximum Gasteiger partial charge on any atom is 0.254 e. The largest absolute Gasteiger partial charge is 0.354 e. The van der Waals surface area contributed by atoms with E-state index in [1.807, 2.05) is 41.0 Å². The Morgan fingerprint density at radius 3 is 2.33 bits per heavy atom. The highest BCUT2D eigenvalue weighted by Gasteiger charge is 2.46. The van der Waals surface area contributed by atoms with Crippen LogP contribution in [0.1, 0.15) is 80.1 Å². The fourth-order valence-corrected chi connectivity index (χ4v) is 6.22. The van der Waals surface area contributed by atoms with Gasteiger partial charge in [-0.05, 0) is 102 Å². The standard InChI is InChI=1S/C29H42N4O3/c1-19-3-2-4-23(15-19)29(36)33(24-11-12-24)25-13-14-32(28(35)22-9-10-22)26(16-25)27(34)31-18-21-7-5-20(17-30)6-8-21/h2-4,15,20-22,24-26H,5-14,16-18,30H2,1H3,(H,31,34)/t20?,21?,25?,26-/m1/s1. The molecule has 4 fully saturated rings. The summed E-state index contributed by atoms with van der Waals surface area (Å²) in [4.78, 5) is 44.1. The number of amides is 3. The van der Waals surface area contributed by atoms with Crippen LogP contribution in [0.4, 0.5) is 0 Å². The van der Waals surface area contributed by atoms with Crippen molar-refractivity contribution in [3.63, 3.8) is 0 Å². The zero-order valence-corrected chi connectivity index (χ0v) is 21.7. The van der Waals surface area contributed by atoms with Crippen molar-refractivity contribution in [2.75, 3.05) is 19.6 Å². The summed E-state index contributed by atoms with van der Waals surface area (Å²) in [5.74, 6) is 1.31. The lowest BCUT2D eigenvalue weighted by atomic mass is 9.82. The quantitative estimate of drug-likeness (QED) is 0.580. The van der Waals surface area contributed by atoms with Crippen molar-refractivity contribution < 1.29 is 14.4 Å². The van der Waals surface area contributed by atoms with Crippen LogP contribution in [0.5, 0.6) is 0 Å².